The molecule has 0 heterocycles. The molecule has 0 aliphatic heterocycles. The average Bonchev–Trinajstić information content (AvgIpc) is 2.57. The first-order valence-corrected chi connectivity index (χ1v) is 8.44. The van der Waals surface area contributed by atoms with E-state index in [0.29, 0.717) is 5.69 Å². The number of nitrogens with one attached hydrogen (secondary N) is 2. The first-order valence-electron chi connectivity index (χ1n) is 6.96. The Morgan fingerprint density at radius 3 is 2.29 bits per heavy atom. The van der Waals surface area contributed by atoms with E-state index in [2.05, 4.69) is 10.0 Å². The zero-order valence-electron chi connectivity index (χ0n) is 12.5. The maximum absolute atomic E-state index is 12.8. The van der Waals surface area contributed by atoms with Crippen LogP contribution in [0.4, 0.5) is 10.1 Å². The van der Waals surface area contributed by atoms with Crippen LogP contribution in [0.2, 0.25) is 0 Å². The van der Waals surface area contributed by atoms with E-state index in [0.717, 1.165) is 0 Å². The van der Waals surface area contributed by atoms with Gasteiger partial charge in [-0.2, -0.15) is 5.26 Å². The predicted octanol–water partition coefficient (Wildman–Crippen LogP) is 2.27. The van der Waals surface area contributed by atoms with Gasteiger partial charge in [-0.25, -0.2) is 17.5 Å². The Morgan fingerprint density at radius 1 is 1.08 bits per heavy atom. The van der Waals surface area contributed by atoms with Crippen LogP contribution in [0.15, 0.2) is 53.4 Å². The number of rotatable bonds is 6. The quantitative estimate of drug-likeness (QED) is 0.783. The molecule has 0 fully saturated rings. The maximum Gasteiger partial charge on any atom is 0.255 e. The number of nitriles is 1. The number of carbonyl (C=O) groups excluding carboxylic acids is 1. The molecular formula is C16H14FN3O3S. The minimum atomic E-state index is -3.71. The summed E-state index contributed by atoms with van der Waals surface area (Å²) < 4.78 is 39.0. The third-order valence-electron chi connectivity index (χ3n) is 3.06. The zero-order chi connectivity index (χ0) is 17.6. The number of nitrogens with zero attached hydrogens (tertiary/aromatic N) is 1. The van der Waals surface area contributed by atoms with Crippen molar-refractivity contribution in [2.24, 2.45) is 0 Å². The lowest BCUT2D eigenvalue weighted by Crippen LogP contribution is -2.24. The highest BCUT2D eigenvalue weighted by Gasteiger charge is 2.14. The van der Waals surface area contributed by atoms with Gasteiger partial charge in [-0.15, -0.1) is 0 Å². The molecule has 8 heteroatoms. The lowest BCUT2D eigenvalue weighted by molar-refractivity contribution is 0.102. The zero-order valence-corrected chi connectivity index (χ0v) is 13.3. The van der Waals surface area contributed by atoms with Crippen molar-refractivity contribution in [1.29, 1.82) is 5.26 Å². The molecule has 2 aromatic carbocycles. The fourth-order valence-electron chi connectivity index (χ4n) is 1.85. The van der Waals surface area contributed by atoms with Gasteiger partial charge in [0.05, 0.1) is 11.0 Å². The van der Waals surface area contributed by atoms with Crippen molar-refractivity contribution in [2.45, 2.75) is 11.3 Å². The smallest absolute Gasteiger partial charge is 0.255 e. The van der Waals surface area contributed by atoms with Crippen molar-refractivity contribution in [1.82, 2.24) is 4.72 Å². The highest BCUT2D eigenvalue weighted by atomic mass is 32.2. The summed E-state index contributed by atoms with van der Waals surface area (Å²) >= 11 is 0. The molecule has 0 saturated heterocycles. The number of anilines is 1. The second-order valence-corrected chi connectivity index (χ2v) is 6.56. The molecule has 2 N–H and O–H groups in total. The van der Waals surface area contributed by atoms with Gasteiger partial charge in [-0.1, -0.05) is 0 Å². The second-order valence-electron chi connectivity index (χ2n) is 4.79. The third kappa shape index (κ3) is 4.62. The van der Waals surface area contributed by atoms with Crippen LogP contribution in [0.1, 0.15) is 16.8 Å². The number of amides is 1. The SMILES string of the molecule is N#CCCNS(=O)(=O)c1ccc(C(=O)Nc2ccc(F)cc2)cc1. The first-order chi connectivity index (χ1) is 11.4. The van der Waals surface area contributed by atoms with Crippen molar-refractivity contribution in [3.63, 3.8) is 0 Å². The largest absolute Gasteiger partial charge is 0.322 e. The van der Waals surface area contributed by atoms with E-state index >= 15 is 0 Å². The number of hydrogen-bond donors (Lipinski definition) is 2. The highest BCUT2D eigenvalue weighted by Crippen LogP contribution is 2.13. The lowest BCUT2D eigenvalue weighted by atomic mass is 10.2. The molecule has 0 unspecified atom stereocenters. The molecule has 0 aliphatic carbocycles. The molecule has 6 nitrogen and oxygen atoms in total. The molecule has 0 saturated carbocycles. The molecule has 2 rings (SSSR count). The molecule has 124 valence electrons. The summed E-state index contributed by atoms with van der Waals surface area (Å²) in [6.07, 6.45) is 0.0669. The van der Waals surface area contributed by atoms with E-state index in [1.807, 2.05) is 6.07 Å². The van der Waals surface area contributed by atoms with Crippen molar-refractivity contribution in [3.8, 4) is 6.07 Å². The Balaban J connectivity index is 2.07. The Bertz CT molecular complexity index is 857. The molecular weight excluding hydrogens is 333 g/mol. The first kappa shape index (κ1) is 17.6. The van der Waals surface area contributed by atoms with E-state index in [-0.39, 0.29) is 23.4 Å². The average molecular weight is 347 g/mol. The topological polar surface area (TPSA) is 99.1 Å². The van der Waals surface area contributed by atoms with Crippen LogP contribution < -0.4 is 10.0 Å². The normalized spacial score (nSPS) is 10.8. The number of hydrogen-bond acceptors (Lipinski definition) is 4. The molecule has 2 aromatic rings. The molecule has 24 heavy (non-hydrogen) atoms. The Kier molecular flexibility index (Phi) is 5.63. The van der Waals surface area contributed by atoms with Gasteiger partial charge in [0.25, 0.3) is 5.91 Å². The van der Waals surface area contributed by atoms with E-state index in [9.17, 15) is 17.6 Å². The van der Waals surface area contributed by atoms with Gasteiger partial charge < -0.3 is 5.32 Å². The van der Waals surface area contributed by atoms with Crippen LogP contribution in [0.3, 0.4) is 0 Å². The molecule has 0 aliphatic rings. The molecule has 0 radical (unpaired) electrons. The second kappa shape index (κ2) is 7.68. The predicted molar refractivity (Wildman–Crippen MR) is 86.2 cm³/mol. The summed E-state index contributed by atoms with van der Waals surface area (Å²) in [5, 5.41) is 11.0. The fourth-order valence-corrected chi connectivity index (χ4v) is 2.88. The molecule has 0 spiro atoms. The molecule has 0 bridgehead atoms. The summed E-state index contributed by atoms with van der Waals surface area (Å²) in [5.41, 5.74) is 0.687. The van der Waals surface area contributed by atoms with Crippen molar-refractivity contribution >= 4 is 21.6 Å². The van der Waals surface area contributed by atoms with Gasteiger partial charge in [0, 0.05) is 24.2 Å². The summed E-state index contributed by atoms with van der Waals surface area (Å²) in [6, 6.07) is 12.5. The molecule has 0 atom stereocenters. The van der Waals surface area contributed by atoms with Gasteiger partial charge in [0.15, 0.2) is 0 Å². The lowest BCUT2D eigenvalue weighted by Gasteiger charge is -2.07. The summed E-state index contributed by atoms with van der Waals surface area (Å²) in [5.74, 6) is -0.852. The highest BCUT2D eigenvalue weighted by molar-refractivity contribution is 7.89. The van der Waals surface area contributed by atoms with Crippen molar-refractivity contribution in [2.75, 3.05) is 11.9 Å². The maximum atomic E-state index is 12.8. The molecule has 1 amide bonds. The van der Waals surface area contributed by atoms with Crippen LogP contribution in [-0.4, -0.2) is 20.9 Å². The van der Waals surface area contributed by atoms with E-state index in [1.165, 1.54) is 48.5 Å². The summed E-state index contributed by atoms with van der Waals surface area (Å²) in [4.78, 5) is 12.1. The van der Waals surface area contributed by atoms with Crippen LogP contribution in [0.25, 0.3) is 0 Å². The standard InChI is InChI=1S/C16H14FN3O3S/c17-13-4-6-14(7-5-13)20-16(21)12-2-8-15(9-3-12)24(22,23)19-11-1-10-18/h2-9,19H,1,11H2,(H,20,21). The third-order valence-corrected chi connectivity index (χ3v) is 4.53. The minimum Gasteiger partial charge on any atom is -0.322 e. The van der Waals surface area contributed by atoms with Gasteiger partial charge in [-0.05, 0) is 48.5 Å². The molecule has 0 aromatic heterocycles. The number of sulfonamides is 1. The van der Waals surface area contributed by atoms with Crippen LogP contribution in [0, 0.1) is 17.1 Å². The summed E-state index contributed by atoms with van der Waals surface area (Å²) in [7, 11) is -3.71. The Hall–Kier alpha value is -2.76. The van der Waals surface area contributed by atoms with Crippen molar-refractivity contribution in [3.05, 3.63) is 59.9 Å². The van der Waals surface area contributed by atoms with Crippen molar-refractivity contribution < 1.29 is 17.6 Å². The summed E-state index contributed by atoms with van der Waals surface area (Å²) in [6.45, 7) is 0.0195. The van der Waals surface area contributed by atoms with E-state index in [1.54, 1.807) is 0 Å². The minimum absolute atomic E-state index is 0.00114. The fraction of sp³-hybridized carbons (Fsp3) is 0.125. The monoisotopic (exact) mass is 347 g/mol. The van der Waals surface area contributed by atoms with Crippen LogP contribution in [-0.2, 0) is 10.0 Å². The van der Waals surface area contributed by atoms with Crippen LogP contribution in [0.5, 0.6) is 0 Å². The number of halogens is 1. The van der Waals surface area contributed by atoms with Gasteiger partial charge in [-0.3, -0.25) is 4.79 Å². The number of benzene rings is 2. The Morgan fingerprint density at radius 2 is 1.71 bits per heavy atom. The number of carbonyl (C=O) groups is 1. The van der Waals surface area contributed by atoms with Gasteiger partial charge in [0.2, 0.25) is 10.0 Å². The van der Waals surface area contributed by atoms with Gasteiger partial charge in [0.1, 0.15) is 5.82 Å². The van der Waals surface area contributed by atoms with E-state index in [4.69, 9.17) is 5.26 Å². The van der Waals surface area contributed by atoms with Crippen LogP contribution >= 0.6 is 0 Å². The van der Waals surface area contributed by atoms with Gasteiger partial charge >= 0.3 is 0 Å². The Labute approximate surface area is 139 Å². The van der Waals surface area contributed by atoms with E-state index < -0.39 is 21.7 Å².